The van der Waals surface area contributed by atoms with Gasteiger partial charge in [0.25, 0.3) is 5.91 Å². The molecular weight excluding hydrogens is 462 g/mol. The maximum Gasteiger partial charge on any atom is 0.283 e. The van der Waals surface area contributed by atoms with E-state index in [1.165, 1.54) is 17.3 Å². The van der Waals surface area contributed by atoms with Crippen LogP contribution in [0.15, 0.2) is 64.1 Å². The lowest BCUT2D eigenvalue weighted by Gasteiger charge is -2.22. The molecule has 0 fully saturated rings. The second-order valence-electron chi connectivity index (χ2n) is 9.20. The fraction of sp³-hybridized carbons (Fsp3) is 0.296. The number of nitrogens with zero attached hydrogens (tertiary/aromatic N) is 2. The van der Waals surface area contributed by atoms with Crippen LogP contribution in [0.3, 0.4) is 0 Å². The van der Waals surface area contributed by atoms with E-state index in [1.54, 1.807) is 30.2 Å². The van der Waals surface area contributed by atoms with Crippen LogP contribution in [0.2, 0.25) is 0 Å². The van der Waals surface area contributed by atoms with Crippen molar-refractivity contribution >= 4 is 34.7 Å². The molecule has 35 heavy (non-hydrogen) atoms. The van der Waals surface area contributed by atoms with Gasteiger partial charge < -0.3 is 14.2 Å². The minimum Gasteiger partial charge on any atom is -0.493 e. The number of carbonyl (C=O) groups is 1. The van der Waals surface area contributed by atoms with E-state index in [1.807, 2.05) is 31.3 Å². The Kier molecular flexibility index (Phi) is 7.03. The number of hydrogen-bond donors (Lipinski definition) is 1. The molecule has 2 heterocycles. The number of fused-ring (bicyclic) bond motifs is 1. The number of nitrogens with one attached hydrogen (secondary N) is 1. The summed E-state index contributed by atoms with van der Waals surface area (Å²) in [6, 6.07) is 13.5. The van der Waals surface area contributed by atoms with Crippen LogP contribution in [0.1, 0.15) is 38.8 Å². The van der Waals surface area contributed by atoms with Gasteiger partial charge in [0.1, 0.15) is 24.8 Å². The van der Waals surface area contributed by atoms with Gasteiger partial charge in [-0.25, -0.2) is 0 Å². The lowest BCUT2D eigenvalue weighted by molar-refractivity contribution is -0.114. The molecule has 1 N–H and O–H groups in total. The number of ether oxygens (including phenoxy) is 3. The SMILES string of the molecule is COc1cc(/C=C2\C(=N)N3C=C(C)SC3=NC2=O)ccc1OCCOc1ccc(C(C)(C)C)cc1. The molecule has 0 saturated heterocycles. The van der Waals surface area contributed by atoms with E-state index in [4.69, 9.17) is 19.6 Å². The van der Waals surface area contributed by atoms with E-state index in [2.05, 4.69) is 37.9 Å². The number of allylic oxidation sites excluding steroid dienone is 1. The average Bonchev–Trinajstić information content (AvgIpc) is 3.19. The van der Waals surface area contributed by atoms with Crippen LogP contribution in [0.25, 0.3) is 6.08 Å². The summed E-state index contributed by atoms with van der Waals surface area (Å²) in [5.41, 5.74) is 2.29. The van der Waals surface area contributed by atoms with Gasteiger partial charge in [-0.2, -0.15) is 4.99 Å². The Morgan fingerprint density at radius 3 is 2.46 bits per heavy atom. The van der Waals surface area contributed by atoms with Gasteiger partial charge in [-0.05, 0) is 53.8 Å². The number of benzene rings is 2. The van der Waals surface area contributed by atoms with Gasteiger partial charge in [0.2, 0.25) is 0 Å². The monoisotopic (exact) mass is 491 g/mol. The quantitative estimate of drug-likeness (QED) is 0.400. The average molecular weight is 492 g/mol. The molecule has 0 aromatic heterocycles. The van der Waals surface area contributed by atoms with E-state index in [0.29, 0.717) is 35.4 Å². The fourth-order valence-corrected chi connectivity index (χ4v) is 4.44. The first-order chi connectivity index (χ1) is 16.7. The van der Waals surface area contributed by atoms with Gasteiger partial charge in [0.15, 0.2) is 16.7 Å². The molecule has 2 aliphatic rings. The lowest BCUT2D eigenvalue weighted by atomic mass is 9.87. The summed E-state index contributed by atoms with van der Waals surface area (Å²) < 4.78 is 17.2. The Hall–Kier alpha value is -3.52. The second kappa shape index (κ2) is 10.00. The Morgan fingerprint density at radius 1 is 1.06 bits per heavy atom. The Balaban J connectivity index is 1.39. The first-order valence-electron chi connectivity index (χ1n) is 11.3. The maximum atomic E-state index is 12.5. The highest BCUT2D eigenvalue weighted by Crippen LogP contribution is 2.34. The second-order valence-corrected chi connectivity index (χ2v) is 10.4. The van der Waals surface area contributed by atoms with Crippen molar-refractivity contribution in [3.63, 3.8) is 0 Å². The van der Waals surface area contributed by atoms with Crippen molar-refractivity contribution in [1.29, 1.82) is 5.41 Å². The zero-order valence-electron chi connectivity index (χ0n) is 20.5. The molecule has 182 valence electrons. The lowest BCUT2D eigenvalue weighted by Crippen LogP contribution is -2.35. The molecule has 0 bridgehead atoms. The first kappa shape index (κ1) is 24.6. The van der Waals surface area contributed by atoms with Crippen LogP contribution >= 0.6 is 11.8 Å². The number of amidine groups is 2. The molecule has 0 atom stereocenters. The summed E-state index contributed by atoms with van der Waals surface area (Å²) in [6.07, 6.45) is 3.46. The van der Waals surface area contributed by atoms with Gasteiger partial charge in [0.05, 0.1) is 12.7 Å². The highest BCUT2D eigenvalue weighted by molar-refractivity contribution is 8.17. The molecular formula is C27H29N3O4S. The van der Waals surface area contributed by atoms with Crippen LogP contribution < -0.4 is 14.2 Å². The third-order valence-corrected chi connectivity index (χ3v) is 6.42. The number of aliphatic imine (C=N–C) groups is 1. The number of amides is 1. The Labute approximate surface area is 210 Å². The standard InChI is InChI=1S/C27H29N3O4S/c1-17-16-30-24(28)21(25(31)29-26(30)35-17)14-18-6-11-22(23(15-18)32-5)34-13-12-33-20-9-7-19(8-10-20)27(2,3)4/h6-11,14-16,28H,12-13H2,1-5H3/b21-14+,28-24?. The summed E-state index contributed by atoms with van der Waals surface area (Å²) in [4.78, 5) is 19.2. The highest BCUT2D eigenvalue weighted by atomic mass is 32.2. The van der Waals surface area contributed by atoms with Gasteiger partial charge in [0, 0.05) is 11.1 Å². The zero-order chi connectivity index (χ0) is 25.2. The van der Waals surface area contributed by atoms with Gasteiger partial charge in [-0.15, -0.1) is 0 Å². The van der Waals surface area contributed by atoms with Crippen LogP contribution in [0, 0.1) is 5.41 Å². The summed E-state index contributed by atoms with van der Waals surface area (Å²) in [6.45, 7) is 9.18. The van der Waals surface area contributed by atoms with Crippen molar-refractivity contribution in [2.45, 2.75) is 33.1 Å². The smallest absolute Gasteiger partial charge is 0.283 e. The summed E-state index contributed by atoms with van der Waals surface area (Å²) >= 11 is 1.38. The van der Waals surface area contributed by atoms with Crippen molar-refractivity contribution in [3.8, 4) is 17.2 Å². The minimum absolute atomic E-state index is 0.102. The minimum atomic E-state index is -0.427. The first-order valence-corrected chi connectivity index (χ1v) is 12.1. The predicted octanol–water partition coefficient (Wildman–Crippen LogP) is 5.62. The topological polar surface area (TPSA) is 84.2 Å². The normalized spacial score (nSPS) is 16.7. The van der Waals surface area contributed by atoms with Crippen molar-refractivity contribution in [2.24, 2.45) is 4.99 Å². The number of hydrogen-bond acceptors (Lipinski definition) is 6. The van der Waals surface area contributed by atoms with Gasteiger partial charge in [-0.1, -0.05) is 50.7 Å². The van der Waals surface area contributed by atoms with Gasteiger partial charge >= 0.3 is 0 Å². The Morgan fingerprint density at radius 2 is 1.77 bits per heavy atom. The molecule has 2 aliphatic heterocycles. The van der Waals surface area contributed by atoms with Crippen molar-refractivity contribution < 1.29 is 19.0 Å². The predicted molar refractivity (Wildman–Crippen MR) is 140 cm³/mol. The van der Waals surface area contributed by atoms with Gasteiger partial charge in [-0.3, -0.25) is 15.1 Å². The number of rotatable bonds is 7. The van der Waals surface area contributed by atoms with Crippen LogP contribution in [0.4, 0.5) is 0 Å². The molecule has 2 aromatic carbocycles. The largest absolute Gasteiger partial charge is 0.493 e. The zero-order valence-corrected chi connectivity index (χ0v) is 21.4. The van der Waals surface area contributed by atoms with Crippen molar-refractivity contribution in [3.05, 3.63) is 70.3 Å². The molecule has 0 spiro atoms. The highest BCUT2D eigenvalue weighted by Gasteiger charge is 2.32. The molecule has 1 amide bonds. The molecule has 0 aliphatic carbocycles. The molecule has 7 nitrogen and oxygen atoms in total. The number of thioether (sulfide) groups is 1. The summed E-state index contributed by atoms with van der Waals surface area (Å²) in [5.74, 6) is 1.57. The third-order valence-electron chi connectivity index (χ3n) is 5.52. The molecule has 8 heteroatoms. The number of carbonyl (C=O) groups excluding carboxylic acids is 1. The fourth-order valence-electron chi connectivity index (χ4n) is 3.62. The summed E-state index contributed by atoms with van der Waals surface area (Å²) in [5, 5.41) is 8.95. The molecule has 0 saturated carbocycles. The van der Waals surface area contributed by atoms with Crippen molar-refractivity contribution in [1.82, 2.24) is 4.90 Å². The van der Waals surface area contributed by atoms with E-state index >= 15 is 0 Å². The molecule has 2 aromatic rings. The van der Waals surface area contributed by atoms with Crippen molar-refractivity contribution in [2.75, 3.05) is 20.3 Å². The van der Waals surface area contributed by atoms with E-state index in [0.717, 1.165) is 10.7 Å². The molecule has 4 rings (SSSR count). The Bertz CT molecular complexity index is 1240. The third kappa shape index (κ3) is 5.59. The van der Waals surface area contributed by atoms with Crippen LogP contribution in [-0.2, 0) is 10.2 Å². The summed E-state index contributed by atoms with van der Waals surface area (Å²) in [7, 11) is 1.56. The molecule has 0 radical (unpaired) electrons. The van der Waals surface area contributed by atoms with E-state index in [9.17, 15) is 4.79 Å². The van der Waals surface area contributed by atoms with Crippen LogP contribution in [0.5, 0.6) is 17.2 Å². The van der Waals surface area contributed by atoms with E-state index in [-0.39, 0.29) is 16.8 Å². The maximum absolute atomic E-state index is 12.5. The van der Waals surface area contributed by atoms with Crippen LogP contribution in [-0.4, -0.2) is 42.1 Å². The van der Waals surface area contributed by atoms with E-state index < -0.39 is 5.91 Å². The molecule has 0 unspecified atom stereocenters. The number of methoxy groups -OCH3 is 1.